The Morgan fingerprint density at radius 2 is 1.59 bits per heavy atom. The van der Waals surface area contributed by atoms with Gasteiger partial charge in [0.1, 0.15) is 0 Å². The molecule has 0 fully saturated rings. The van der Waals surface area contributed by atoms with E-state index in [-0.39, 0.29) is 29.3 Å². The van der Waals surface area contributed by atoms with Crippen molar-refractivity contribution in [2.45, 2.75) is 17.7 Å². The van der Waals surface area contributed by atoms with Crippen LogP contribution in [0.4, 0.5) is 11.4 Å². The number of pyridine rings is 1. The van der Waals surface area contributed by atoms with E-state index in [0.29, 0.717) is 17.4 Å². The largest absolute Gasteiger partial charge is 0.339 e. The van der Waals surface area contributed by atoms with Crippen molar-refractivity contribution in [3.8, 4) is 11.4 Å². The van der Waals surface area contributed by atoms with Crippen molar-refractivity contribution in [3.05, 3.63) is 85.0 Å². The number of nitrogens with zero attached hydrogens (tertiary/aromatic N) is 3. The van der Waals surface area contributed by atoms with Gasteiger partial charge in [-0.3, -0.25) is 14.5 Å². The number of carbonyl (C=O) groups excluding carboxylic acids is 1. The molecule has 0 saturated carbocycles. The molecule has 0 spiro atoms. The predicted molar refractivity (Wildman–Crippen MR) is 118 cm³/mol. The Hall–Kier alpha value is -4.05. The van der Waals surface area contributed by atoms with E-state index in [4.69, 9.17) is 4.52 Å². The number of para-hydroxylation sites is 2. The molecule has 32 heavy (non-hydrogen) atoms. The molecule has 0 saturated heterocycles. The van der Waals surface area contributed by atoms with Gasteiger partial charge in [0.05, 0.1) is 16.3 Å². The molecule has 2 aromatic heterocycles. The summed E-state index contributed by atoms with van der Waals surface area (Å²) in [7, 11) is -3.79. The second kappa shape index (κ2) is 9.40. The monoisotopic (exact) mass is 449 g/mol. The van der Waals surface area contributed by atoms with Gasteiger partial charge in [-0.2, -0.15) is 4.98 Å². The number of anilines is 2. The van der Waals surface area contributed by atoms with E-state index in [0.717, 1.165) is 5.56 Å². The molecule has 162 valence electrons. The zero-order valence-electron chi connectivity index (χ0n) is 16.8. The summed E-state index contributed by atoms with van der Waals surface area (Å²) in [4.78, 5) is 20.8. The first-order valence-electron chi connectivity index (χ1n) is 9.71. The molecule has 4 aromatic rings. The number of nitrogens with one attached hydrogen (secondary N) is 2. The van der Waals surface area contributed by atoms with Crippen molar-refractivity contribution >= 4 is 27.3 Å². The number of aromatic nitrogens is 3. The lowest BCUT2D eigenvalue weighted by Gasteiger charge is -2.13. The molecule has 1 amide bonds. The normalized spacial score (nSPS) is 11.1. The minimum Gasteiger partial charge on any atom is -0.339 e. The van der Waals surface area contributed by atoms with E-state index >= 15 is 0 Å². The molecular weight excluding hydrogens is 430 g/mol. The first-order chi connectivity index (χ1) is 15.5. The molecule has 2 heterocycles. The minimum absolute atomic E-state index is 0.0811. The second-order valence-corrected chi connectivity index (χ2v) is 8.44. The smallest absolute Gasteiger partial charge is 0.261 e. The van der Waals surface area contributed by atoms with Crippen molar-refractivity contribution < 1.29 is 17.7 Å². The van der Waals surface area contributed by atoms with Crippen molar-refractivity contribution in [1.29, 1.82) is 0 Å². The van der Waals surface area contributed by atoms with Gasteiger partial charge in [0.25, 0.3) is 10.0 Å². The first-order valence-corrected chi connectivity index (χ1v) is 11.2. The van der Waals surface area contributed by atoms with Gasteiger partial charge in [0, 0.05) is 30.8 Å². The molecule has 0 aliphatic rings. The molecule has 0 unspecified atom stereocenters. The maximum Gasteiger partial charge on any atom is 0.261 e. The molecule has 4 rings (SSSR count). The molecule has 2 aromatic carbocycles. The van der Waals surface area contributed by atoms with Gasteiger partial charge < -0.3 is 9.84 Å². The van der Waals surface area contributed by atoms with E-state index < -0.39 is 10.0 Å². The number of benzene rings is 2. The topological polar surface area (TPSA) is 127 Å². The fourth-order valence-electron chi connectivity index (χ4n) is 2.89. The van der Waals surface area contributed by atoms with E-state index in [1.165, 1.54) is 12.1 Å². The van der Waals surface area contributed by atoms with Crippen LogP contribution in [0.2, 0.25) is 0 Å². The number of aryl methyl sites for hydroxylation is 1. The lowest BCUT2D eigenvalue weighted by molar-refractivity contribution is -0.116. The standard InChI is InChI=1S/C22H19N5O4S/c28-20(10-11-21-25-22(26-31-21)16-12-14-23-15-13-16)24-18-8-4-5-9-19(18)27-32(29,30)17-6-2-1-3-7-17/h1-9,12-15,27H,10-11H2,(H,24,28). The Bertz CT molecular complexity index is 1310. The molecule has 2 N–H and O–H groups in total. The Morgan fingerprint density at radius 1 is 0.906 bits per heavy atom. The molecule has 0 atom stereocenters. The minimum atomic E-state index is -3.79. The molecule has 10 heteroatoms. The fraction of sp³-hybridized carbons (Fsp3) is 0.0909. The Morgan fingerprint density at radius 3 is 2.34 bits per heavy atom. The van der Waals surface area contributed by atoms with E-state index in [1.807, 2.05) is 0 Å². The van der Waals surface area contributed by atoms with Crippen molar-refractivity contribution in [2.24, 2.45) is 0 Å². The van der Waals surface area contributed by atoms with Crippen molar-refractivity contribution in [3.63, 3.8) is 0 Å². The van der Waals surface area contributed by atoms with Crippen LogP contribution in [0, 0.1) is 0 Å². The third-order valence-electron chi connectivity index (χ3n) is 4.47. The Balaban J connectivity index is 1.40. The quantitative estimate of drug-likeness (QED) is 0.421. The number of hydrogen-bond donors (Lipinski definition) is 2. The lowest BCUT2D eigenvalue weighted by atomic mass is 10.2. The van der Waals surface area contributed by atoms with Crippen LogP contribution in [0.5, 0.6) is 0 Å². The van der Waals surface area contributed by atoms with Crippen LogP contribution in [-0.2, 0) is 21.2 Å². The third kappa shape index (κ3) is 5.16. The molecule has 9 nitrogen and oxygen atoms in total. The summed E-state index contributed by atoms with van der Waals surface area (Å²) in [6.45, 7) is 0. The number of amides is 1. The predicted octanol–water partition coefficient (Wildman–Crippen LogP) is 3.50. The number of sulfonamides is 1. The summed E-state index contributed by atoms with van der Waals surface area (Å²) in [5, 5.41) is 6.64. The van der Waals surface area contributed by atoms with Gasteiger partial charge in [-0.15, -0.1) is 0 Å². The second-order valence-electron chi connectivity index (χ2n) is 6.76. The van der Waals surface area contributed by atoms with E-state index in [9.17, 15) is 13.2 Å². The highest BCUT2D eigenvalue weighted by Crippen LogP contribution is 2.25. The van der Waals surface area contributed by atoms with Gasteiger partial charge in [-0.1, -0.05) is 35.5 Å². The van der Waals surface area contributed by atoms with Crippen molar-refractivity contribution in [2.75, 3.05) is 10.0 Å². The van der Waals surface area contributed by atoms with Gasteiger partial charge in [-0.05, 0) is 36.4 Å². The number of rotatable bonds is 8. The Labute approximate surface area is 184 Å². The summed E-state index contributed by atoms with van der Waals surface area (Å²) in [5.41, 5.74) is 1.38. The third-order valence-corrected chi connectivity index (χ3v) is 5.85. The van der Waals surface area contributed by atoms with Gasteiger partial charge >= 0.3 is 0 Å². The van der Waals surface area contributed by atoms with Crippen LogP contribution < -0.4 is 10.0 Å². The zero-order valence-corrected chi connectivity index (χ0v) is 17.6. The SMILES string of the molecule is O=C(CCc1nc(-c2ccncc2)no1)Nc1ccccc1NS(=O)(=O)c1ccccc1. The summed E-state index contributed by atoms with van der Waals surface area (Å²) >= 11 is 0. The van der Waals surface area contributed by atoms with Gasteiger partial charge in [0.15, 0.2) is 0 Å². The van der Waals surface area contributed by atoms with Crippen LogP contribution in [0.3, 0.4) is 0 Å². The number of hydrogen-bond acceptors (Lipinski definition) is 7. The molecule has 0 bridgehead atoms. The lowest BCUT2D eigenvalue weighted by Crippen LogP contribution is -2.17. The summed E-state index contributed by atoms with van der Waals surface area (Å²) in [5.74, 6) is 0.425. The van der Waals surface area contributed by atoms with E-state index in [1.54, 1.807) is 67.0 Å². The van der Waals surface area contributed by atoms with Crippen LogP contribution in [0.1, 0.15) is 12.3 Å². The summed E-state index contributed by atoms with van der Waals surface area (Å²) in [6, 6.07) is 18.1. The van der Waals surface area contributed by atoms with E-state index in [2.05, 4.69) is 25.2 Å². The molecule has 0 aliphatic carbocycles. The highest BCUT2D eigenvalue weighted by molar-refractivity contribution is 7.92. The van der Waals surface area contributed by atoms with Crippen LogP contribution in [-0.4, -0.2) is 29.4 Å². The summed E-state index contributed by atoms with van der Waals surface area (Å²) < 4.78 is 32.9. The highest BCUT2D eigenvalue weighted by atomic mass is 32.2. The van der Waals surface area contributed by atoms with Gasteiger partial charge in [-0.25, -0.2) is 8.42 Å². The highest BCUT2D eigenvalue weighted by Gasteiger charge is 2.17. The molecular formula is C22H19N5O4S. The number of carbonyl (C=O) groups is 1. The van der Waals surface area contributed by atoms with Gasteiger partial charge in [0.2, 0.25) is 17.6 Å². The Kier molecular flexibility index (Phi) is 6.22. The fourth-order valence-corrected chi connectivity index (χ4v) is 3.99. The van der Waals surface area contributed by atoms with Crippen LogP contribution in [0.25, 0.3) is 11.4 Å². The molecule has 0 aliphatic heterocycles. The summed E-state index contributed by atoms with van der Waals surface area (Å²) in [6.07, 6.45) is 3.57. The van der Waals surface area contributed by atoms with Crippen molar-refractivity contribution in [1.82, 2.24) is 15.1 Å². The maximum atomic E-state index is 12.6. The molecule has 0 radical (unpaired) electrons. The zero-order chi connectivity index (χ0) is 22.4. The van der Waals surface area contributed by atoms with Crippen LogP contribution in [0.15, 0.2) is 88.5 Å². The average Bonchev–Trinajstić information content (AvgIpc) is 3.29. The first kappa shape index (κ1) is 21.2. The average molecular weight is 449 g/mol. The maximum absolute atomic E-state index is 12.6. The van der Waals surface area contributed by atoms with Crippen LogP contribution >= 0.6 is 0 Å².